The summed E-state index contributed by atoms with van der Waals surface area (Å²) in [6, 6.07) is 11.9. The summed E-state index contributed by atoms with van der Waals surface area (Å²) in [7, 11) is 3.08. The lowest BCUT2D eigenvalue weighted by molar-refractivity contribution is -0.137. The maximum Gasteiger partial charge on any atom is 0.425 e. The fourth-order valence-electron chi connectivity index (χ4n) is 8.83. The summed E-state index contributed by atoms with van der Waals surface area (Å²) in [5.74, 6) is 0.736. The molecule has 4 aromatic heterocycles. The van der Waals surface area contributed by atoms with Gasteiger partial charge in [0.15, 0.2) is 0 Å². The minimum Gasteiger partial charge on any atom is -0.471 e. The molecule has 8 rings (SSSR count). The van der Waals surface area contributed by atoms with Gasteiger partial charge < -0.3 is 34.4 Å². The predicted molar refractivity (Wildman–Crippen MR) is 247 cm³/mol. The van der Waals surface area contributed by atoms with E-state index in [1.165, 1.54) is 19.2 Å². The van der Waals surface area contributed by atoms with Gasteiger partial charge in [0.2, 0.25) is 12.1 Å². The van der Waals surface area contributed by atoms with Gasteiger partial charge in [-0.15, -0.1) is 11.3 Å². The highest BCUT2D eigenvalue weighted by atomic mass is 32.1. The van der Waals surface area contributed by atoms with E-state index in [1.54, 1.807) is 39.9 Å². The summed E-state index contributed by atoms with van der Waals surface area (Å²) in [5, 5.41) is 3.83. The number of H-pyrrole nitrogens is 2. The molecule has 0 aliphatic carbocycles. The summed E-state index contributed by atoms with van der Waals surface area (Å²) in [6.07, 6.45) is -0.624. The topological polar surface area (TPSA) is 160 Å². The molecule has 1 saturated heterocycles. The molecule has 2 aliphatic heterocycles. The third-order valence-corrected chi connectivity index (χ3v) is 13.0. The molecular weight excluding hydrogens is 893 g/mol. The van der Waals surface area contributed by atoms with Crippen LogP contribution in [0, 0.1) is 11.7 Å². The molecule has 2 aliphatic rings. The number of hydrogen-bond donors (Lipinski definition) is 3. The van der Waals surface area contributed by atoms with Crippen LogP contribution in [0.15, 0.2) is 60.9 Å². The van der Waals surface area contributed by atoms with E-state index in [9.17, 15) is 22.8 Å². The Kier molecular flexibility index (Phi) is 14.2. The number of imidazole rings is 2. The van der Waals surface area contributed by atoms with Crippen LogP contribution in [0.2, 0.25) is 0 Å². The van der Waals surface area contributed by atoms with Crippen molar-refractivity contribution in [2.24, 2.45) is 5.92 Å². The lowest BCUT2D eigenvalue weighted by atomic mass is 10.0. The molecule has 14 nitrogen and oxygen atoms in total. The third kappa shape index (κ3) is 9.93. The van der Waals surface area contributed by atoms with Crippen molar-refractivity contribution in [1.82, 2.24) is 39.6 Å². The van der Waals surface area contributed by atoms with Gasteiger partial charge >= 0.3 is 12.3 Å². The molecule has 2 aromatic carbocycles. The summed E-state index contributed by atoms with van der Waals surface area (Å²) in [4.78, 5) is 54.6. The van der Waals surface area contributed by atoms with E-state index in [2.05, 4.69) is 30.0 Å². The molecule has 6 aromatic rings. The molecule has 6 heterocycles. The smallest absolute Gasteiger partial charge is 0.425 e. The van der Waals surface area contributed by atoms with Crippen LogP contribution in [0.1, 0.15) is 107 Å². The fourth-order valence-corrected chi connectivity index (χ4v) is 9.73. The molecule has 0 saturated carbocycles. The highest BCUT2D eigenvalue weighted by Gasteiger charge is 2.38. The Bertz CT molecular complexity index is 2730. The van der Waals surface area contributed by atoms with E-state index in [4.69, 9.17) is 14.3 Å². The standard InChI is InChI=1S/C46H52F4N8O4S.C2H4O2/c1-9-31(56(10-2)42(59)39(51-8)24(3)4)40-52-23-30(55-40)26-19-28(47)38-34-20-27-18-25(29-22-53-41(54-29)33-12-11-17-57(33)44(60)62-45(5,6)7)13-14-32(27)58(34)43(61-35(38)21-26)36-15-16-37(63-36)46(48,49)50;1-4-2-3/h13-16,18-24,31,33,39,43,51H,9-12,17H2,1-8H3,(H,52,55)(H,53,54);2H,1H3/t31-,33?,39-,43?;/m0./s1. The maximum atomic E-state index is 16.7. The van der Waals surface area contributed by atoms with Gasteiger partial charge in [0.25, 0.3) is 6.47 Å². The first-order valence-electron chi connectivity index (χ1n) is 22.2. The van der Waals surface area contributed by atoms with Gasteiger partial charge in [0.1, 0.15) is 33.7 Å². The lowest BCUT2D eigenvalue weighted by Crippen LogP contribution is -2.49. The second-order valence-corrected chi connectivity index (χ2v) is 18.9. The molecule has 3 N–H and O–H groups in total. The number of likely N-dealkylation sites (N-methyl/N-ethyl adjacent to an activating group) is 2. The Hall–Kier alpha value is -6.21. The number of alkyl halides is 3. The Morgan fingerprint density at radius 3 is 2.37 bits per heavy atom. The number of hydrogen-bond acceptors (Lipinski definition) is 10. The van der Waals surface area contributed by atoms with Crippen molar-refractivity contribution in [3.63, 3.8) is 0 Å². The number of benzene rings is 2. The first kappa shape index (κ1) is 48.7. The number of amides is 2. The zero-order valence-electron chi connectivity index (χ0n) is 38.9. The van der Waals surface area contributed by atoms with Crippen molar-refractivity contribution < 1.29 is 46.2 Å². The van der Waals surface area contributed by atoms with Crippen LogP contribution < -0.4 is 10.1 Å². The van der Waals surface area contributed by atoms with Gasteiger partial charge in [0.05, 0.1) is 70.7 Å². The molecule has 4 atom stereocenters. The Morgan fingerprint density at radius 2 is 1.75 bits per heavy atom. The van der Waals surface area contributed by atoms with Crippen molar-refractivity contribution in [2.45, 2.75) is 104 Å². The largest absolute Gasteiger partial charge is 0.471 e. The quantitative estimate of drug-likeness (QED) is 0.0801. The number of likely N-dealkylation sites (tertiary alicyclic amines) is 1. The van der Waals surface area contributed by atoms with Crippen LogP contribution in [0.5, 0.6) is 5.75 Å². The van der Waals surface area contributed by atoms with Crippen LogP contribution in [0.3, 0.4) is 0 Å². The van der Waals surface area contributed by atoms with E-state index >= 15 is 4.39 Å². The second-order valence-electron chi connectivity index (χ2n) is 17.8. The van der Waals surface area contributed by atoms with E-state index in [0.29, 0.717) is 82.5 Å². The van der Waals surface area contributed by atoms with Gasteiger partial charge in [-0.3, -0.25) is 19.1 Å². The Morgan fingerprint density at radius 1 is 1.03 bits per heavy atom. The summed E-state index contributed by atoms with van der Waals surface area (Å²) >= 11 is 0.575. The van der Waals surface area contributed by atoms with Gasteiger partial charge in [-0.25, -0.2) is 19.2 Å². The van der Waals surface area contributed by atoms with Gasteiger partial charge in [-0.1, -0.05) is 26.8 Å². The Labute approximate surface area is 390 Å². The number of nitrogens with zero attached hydrogens (tertiary/aromatic N) is 5. The average Bonchev–Trinajstić information content (AvgIpc) is 4.13. The molecule has 2 unspecified atom stereocenters. The molecule has 1 fully saturated rings. The highest BCUT2D eigenvalue weighted by Crippen LogP contribution is 2.49. The van der Waals surface area contributed by atoms with E-state index < -0.39 is 34.8 Å². The number of rotatable bonds is 12. The number of nitrogens with one attached hydrogen (secondary N) is 3. The van der Waals surface area contributed by atoms with E-state index in [-0.39, 0.29) is 46.1 Å². The summed E-state index contributed by atoms with van der Waals surface area (Å²) < 4.78 is 76.4. The molecule has 2 amide bonds. The van der Waals surface area contributed by atoms with E-state index in [1.807, 2.05) is 72.7 Å². The second kappa shape index (κ2) is 19.6. The molecule has 0 spiro atoms. The number of aromatic nitrogens is 5. The number of carbonyl (C=O) groups is 3. The number of ether oxygens (including phenoxy) is 3. The SMILES string of the molecule is CC[C@@H](c1ncc(-c2cc(F)c3c(c2)OC(c2ccc(C(F)(F)F)s2)n2c-3cc3cc(-c4cnc(C5CCCN5C(=O)OC(C)(C)C)[nH]4)ccc32)[nH]1)N(CC)C(=O)[C@@H](NC)C(C)C.COC=O. The predicted octanol–water partition coefficient (Wildman–Crippen LogP) is 10.7. The minimum absolute atomic E-state index is 0.0474. The first-order valence-corrected chi connectivity index (χ1v) is 23.0. The number of thiophene rings is 1. The van der Waals surface area contributed by atoms with Crippen LogP contribution in [-0.2, 0) is 25.2 Å². The molecule has 0 radical (unpaired) electrons. The third-order valence-electron chi connectivity index (χ3n) is 11.8. The van der Waals surface area contributed by atoms with Gasteiger partial charge in [-0.05, 0) is 102 Å². The lowest BCUT2D eigenvalue weighted by Gasteiger charge is -2.33. The zero-order chi connectivity index (χ0) is 48.5. The number of aromatic amines is 2. The number of fused-ring (bicyclic) bond motifs is 5. The summed E-state index contributed by atoms with van der Waals surface area (Å²) in [5.41, 5.74) is 2.94. The van der Waals surface area contributed by atoms with Crippen LogP contribution >= 0.6 is 11.3 Å². The molecular formula is C48H56F4N8O6S. The minimum atomic E-state index is -4.56. The first-order chi connectivity index (χ1) is 31.8. The summed E-state index contributed by atoms with van der Waals surface area (Å²) in [6.45, 7) is 14.7. The van der Waals surface area contributed by atoms with Crippen LogP contribution in [0.4, 0.5) is 22.4 Å². The fraction of sp³-hybridized carbons (Fsp3) is 0.438. The molecule has 19 heteroatoms. The number of carbonyl (C=O) groups excluding carboxylic acids is 3. The Balaban J connectivity index is 0.00000160. The van der Waals surface area contributed by atoms with Crippen LogP contribution in [-0.4, -0.2) is 91.7 Å². The van der Waals surface area contributed by atoms with Gasteiger partial charge in [-0.2, -0.15) is 13.2 Å². The monoisotopic (exact) mass is 948 g/mol. The normalized spacial score (nSPS) is 16.7. The molecule has 0 bridgehead atoms. The van der Waals surface area contributed by atoms with Crippen molar-refractivity contribution in [3.8, 4) is 39.5 Å². The number of halogens is 4. The highest BCUT2D eigenvalue weighted by molar-refractivity contribution is 7.12. The molecule has 358 valence electrons. The molecule has 67 heavy (non-hydrogen) atoms. The zero-order valence-corrected chi connectivity index (χ0v) is 39.7. The van der Waals surface area contributed by atoms with E-state index in [0.717, 1.165) is 24.5 Å². The van der Waals surface area contributed by atoms with Crippen molar-refractivity contribution in [2.75, 3.05) is 27.2 Å². The van der Waals surface area contributed by atoms with Gasteiger partial charge in [0, 0.05) is 29.6 Å². The van der Waals surface area contributed by atoms with Crippen molar-refractivity contribution in [3.05, 3.63) is 88.1 Å². The maximum absolute atomic E-state index is 16.7. The number of methoxy groups -OCH3 is 1. The van der Waals surface area contributed by atoms with Crippen molar-refractivity contribution >= 4 is 40.7 Å². The van der Waals surface area contributed by atoms with Crippen molar-refractivity contribution in [1.29, 1.82) is 0 Å². The average molecular weight is 949 g/mol. The van der Waals surface area contributed by atoms with Crippen LogP contribution in [0.25, 0.3) is 44.7 Å².